The molecule has 1 aromatic carbocycles. The summed E-state index contributed by atoms with van der Waals surface area (Å²) in [6.07, 6.45) is 0.127. The van der Waals surface area contributed by atoms with E-state index in [1.54, 1.807) is 31.2 Å². The highest BCUT2D eigenvalue weighted by Crippen LogP contribution is 2.14. The minimum absolute atomic E-state index is 0.213. The molecule has 1 rings (SSSR count). The lowest BCUT2D eigenvalue weighted by atomic mass is 10.0. The summed E-state index contributed by atoms with van der Waals surface area (Å²) in [6.45, 7) is 6.08. The summed E-state index contributed by atoms with van der Waals surface area (Å²) in [5.74, 6) is 0.150. The van der Waals surface area contributed by atoms with Crippen molar-refractivity contribution in [1.82, 2.24) is 0 Å². The second-order valence-corrected chi connectivity index (χ2v) is 5.15. The Morgan fingerprint density at radius 2 is 1.67 bits per heavy atom. The van der Waals surface area contributed by atoms with E-state index in [0.717, 1.165) is 0 Å². The quantitative estimate of drug-likeness (QED) is 0.751. The summed E-state index contributed by atoms with van der Waals surface area (Å²) in [5.41, 5.74) is 7.04. The summed E-state index contributed by atoms with van der Waals surface area (Å²) in [4.78, 5) is 23.1. The zero-order valence-corrected chi connectivity index (χ0v) is 12.7. The Balaban J connectivity index is 2.54. The normalized spacial score (nSPS) is 11.9. The Bertz CT molecular complexity index is 472. The molecule has 0 fully saturated rings. The van der Waals surface area contributed by atoms with Crippen molar-refractivity contribution in [2.24, 2.45) is 11.7 Å². The fourth-order valence-corrected chi connectivity index (χ4v) is 1.77. The van der Waals surface area contributed by atoms with Crippen molar-refractivity contribution in [3.05, 3.63) is 24.3 Å². The molecule has 1 aromatic rings. The standard InChI is InChI=1S/C15H23N3O3/c1-4-21-15(20)18-12-7-5-11(6-8-12)17-14(19)13(16)9-10(2)3/h5-8,10,13H,4,9,16H2,1-3H3,(H,17,19)(H,18,20). The average molecular weight is 293 g/mol. The van der Waals surface area contributed by atoms with Crippen molar-refractivity contribution in [1.29, 1.82) is 0 Å². The molecule has 2 amide bonds. The molecule has 6 heteroatoms. The van der Waals surface area contributed by atoms with Crippen LogP contribution in [-0.4, -0.2) is 24.6 Å². The van der Waals surface area contributed by atoms with Crippen LogP contribution in [0.2, 0.25) is 0 Å². The molecule has 0 spiro atoms. The van der Waals surface area contributed by atoms with Gasteiger partial charge in [-0.05, 0) is 43.5 Å². The smallest absolute Gasteiger partial charge is 0.411 e. The van der Waals surface area contributed by atoms with E-state index in [9.17, 15) is 9.59 Å². The fraction of sp³-hybridized carbons (Fsp3) is 0.467. The third-order valence-corrected chi connectivity index (χ3v) is 2.74. The molecule has 6 nitrogen and oxygen atoms in total. The molecule has 0 radical (unpaired) electrons. The number of nitrogens with one attached hydrogen (secondary N) is 2. The molecule has 0 aliphatic heterocycles. The minimum atomic E-state index is -0.526. The predicted molar refractivity (Wildman–Crippen MR) is 83.1 cm³/mol. The van der Waals surface area contributed by atoms with Crippen LogP contribution in [-0.2, 0) is 9.53 Å². The van der Waals surface area contributed by atoms with Gasteiger partial charge in [0.15, 0.2) is 0 Å². The van der Waals surface area contributed by atoms with Crippen molar-refractivity contribution < 1.29 is 14.3 Å². The highest BCUT2D eigenvalue weighted by molar-refractivity contribution is 5.95. The van der Waals surface area contributed by atoms with Crippen LogP contribution in [0.15, 0.2) is 24.3 Å². The number of amides is 2. The molecule has 0 aliphatic carbocycles. The third kappa shape index (κ3) is 6.27. The summed E-state index contributed by atoms with van der Waals surface area (Å²) in [6, 6.07) is 6.23. The molecule has 0 aliphatic rings. The first-order chi connectivity index (χ1) is 9.92. The molecule has 21 heavy (non-hydrogen) atoms. The Kier molecular flexibility index (Phi) is 6.68. The molecule has 0 saturated carbocycles. The molecule has 0 heterocycles. The van der Waals surface area contributed by atoms with Gasteiger partial charge in [0.1, 0.15) is 0 Å². The fourth-order valence-electron chi connectivity index (χ4n) is 1.77. The Hall–Kier alpha value is -2.08. The lowest BCUT2D eigenvalue weighted by molar-refractivity contribution is -0.117. The van der Waals surface area contributed by atoms with Crippen LogP contribution in [0.1, 0.15) is 27.2 Å². The van der Waals surface area contributed by atoms with Crippen LogP contribution in [0.5, 0.6) is 0 Å². The van der Waals surface area contributed by atoms with Crippen molar-refractivity contribution in [2.45, 2.75) is 33.2 Å². The lowest BCUT2D eigenvalue weighted by Crippen LogP contribution is -2.36. The van der Waals surface area contributed by atoms with Gasteiger partial charge in [0.05, 0.1) is 12.6 Å². The van der Waals surface area contributed by atoms with E-state index in [1.165, 1.54) is 0 Å². The van der Waals surface area contributed by atoms with E-state index in [2.05, 4.69) is 10.6 Å². The van der Waals surface area contributed by atoms with Gasteiger partial charge in [0.25, 0.3) is 0 Å². The first-order valence-corrected chi connectivity index (χ1v) is 7.02. The van der Waals surface area contributed by atoms with Gasteiger partial charge in [-0.1, -0.05) is 13.8 Å². The van der Waals surface area contributed by atoms with Crippen molar-refractivity contribution in [3.63, 3.8) is 0 Å². The summed E-state index contributed by atoms with van der Waals surface area (Å²) in [5, 5.41) is 5.32. The number of ether oxygens (including phenoxy) is 1. The van der Waals surface area contributed by atoms with Gasteiger partial charge >= 0.3 is 6.09 Å². The highest BCUT2D eigenvalue weighted by Gasteiger charge is 2.14. The SMILES string of the molecule is CCOC(=O)Nc1ccc(NC(=O)C(N)CC(C)C)cc1. The number of anilines is 2. The van der Waals surface area contributed by atoms with E-state index in [-0.39, 0.29) is 5.91 Å². The van der Waals surface area contributed by atoms with Gasteiger partial charge in [0, 0.05) is 11.4 Å². The number of benzene rings is 1. The maximum atomic E-state index is 11.9. The van der Waals surface area contributed by atoms with Gasteiger partial charge in [-0.3, -0.25) is 10.1 Å². The van der Waals surface area contributed by atoms with Gasteiger partial charge in [-0.15, -0.1) is 0 Å². The average Bonchev–Trinajstić information content (AvgIpc) is 2.40. The first kappa shape index (κ1) is 17.0. The number of carbonyl (C=O) groups is 2. The number of hydrogen-bond donors (Lipinski definition) is 3. The van der Waals surface area contributed by atoms with Crippen LogP contribution >= 0.6 is 0 Å². The third-order valence-electron chi connectivity index (χ3n) is 2.74. The van der Waals surface area contributed by atoms with Crippen LogP contribution in [0.25, 0.3) is 0 Å². The molecule has 1 unspecified atom stereocenters. The van der Waals surface area contributed by atoms with Crippen LogP contribution < -0.4 is 16.4 Å². The summed E-state index contributed by atoms with van der Waals surface area (Å²) in [7, 11) is 0. The Morgan fingerprint density at radius 3 is 2.14 bits per heavy atom. The second-order valence-electron chi connectivity index (χ2n) is 5.15. The first-order valence-electron chi connectivity index (χ1n) is 7.02. The van der Waals surface area contributed by atoms with Gasteiger partial charge < -0.3 is 15.8 Å². The van der Waals surface area contributed by atoms with E-state index >= 15 is 0 Å². The van der Waals surface area contributed by atoms with Crippen molar-refractivity contribution >= 4 is 23.4 Å². The summed E-state index contributed by atoms with van der Waals surface area (Å²) < 4.78 is 4.77. The molecule has 0 bridgehead atoms. The zero-order valence-electron chi connectivity index (χ0n) is 12.7. The molecule has 4 N–H and O–H groups in total. The van der Waals surface area contributed by atoms with Crippen LogP contribution in [0.3, 0.4) is 0 Å². The van der Waals surface area contributed by atoms with Crippen molar-refractivity contribution in [2.75, 3.05) is 17.2 Å². The van der Waals surface area contributed by atoms with E-state index in [4.69, 9.17) is 10.5 Å². The summed E-state index contributed by atoms with van der Waals surface area (Å²) >= 11 is 0. The lowest BCUT2D eigenvalue weighted by Gasteiger charge is -2.14. The van der Waals surface area contributed by atoms with E-state index in [0.29, 0.717) is 30.3 Å². The molecular weight excluding hydrogens is 270 g/mol. The van der Waals surface area contributed by atoms with Gasteiger partial charge in [-0.25, -0.2) is 4.79 Å². The Morgan fingerprint density at radius 1 is 1.14 bits per heavy atom. The van der Waals surface area contributed by atoms with Crippen LogP contribution in [0, 0.1) is 5.92 Å². The van der Waals surface area contributed by atoms with Crippen molar-refractivity contribution in [3.8, 4) is 0 Å². The predicted octanol–water partition coefficient (Wildman–Crippen LogP) is 2.57. The van der Waals surface area contributed by atoms with Crippen LogP contribution in [0.4, 0.5) is 16.2 Å². The maximum Gasteiger partial charge on any atom is 0.411 e. The number of carbonyl (C=O) groups excluding carboxylic acids is 2. The van der Waals surface area contributed by atoms with Gasteiger partial charge in [0.2, 0.25) is 5.91 Å². The zero-order chi connectivity index (χ0) is 15.8. The number of nitrogens with two attached hydrogens (primary N) is 1. The highest BCUT2D eigenvalue weighted by atomic mass is 16.5. The van der Waals surface area contributed by atoms with E-state index < -0.39 is 12.1 Å². The topological polar surface area (TPSA) is 93.5 Å². The molecular formula is C15H23N3O3. The monoisotopic (exact) mass is 293 g/mol. The van der Waals surface area contributed by atoms with Gasteiger partial charge in [-0.2, -0.15) is 0 Å². The Labute approximate surface area is 125 Å². The second kappa shape index (κ2) is 8.26. The maximum absolute atomic E-state index is 11.9. The minimum Gasteiger partial charge on any atom is -0.450 e. The molecule has 116 valence electrons. The molecule has 0 saturated heterocycles. The largest absolute Gasteiger partial charge is 0.450 e. The van der Waals surface area contributed by atoms with E-state index in [1.807, 2.05) is 13.8 Å². The number of rotatable bonds is 6. The molecule has 1 atom stereocenters. The number of hydrogen-bond acceptors (Lipinski definition) is 4. The molecule has 0 aromatic heterocycles.